The molecule has 34 heavy (non-hydrogen) atoms. The Bertz CT molecular complexity index is 1270. The number of aliphatic hydroxyl groups is 1. The van der Waals surface area contributed by atoms with Crippen LogP contribution < -0.4 is 9.47 Å². The number of ether oxygens (including phenoxy) is 2. The van der Waals surface area contributed by atoms with E-state index in [0.717, 1.165) is 5.56 Å². The Morgan fingerprint density at radius 3 is 2.21 bits per heavy atom. The van der Waals surface area contributed by atoms with Crippen molar-refractivity contribution in [2.24, 2.45) is 0 Å². The van der Waals surface area contributed by atoms with E-state index < -0.39 is 23.5 Å². The van der Waals surface area contributed by atoms with Gasteiger partial charge in [0.05, 0.1) is 29.8 Å². The van der Waals surface area contributed by atoms with Crippen LogP contribution in [0.25, 0.3) is 5.76 Å². The molecule has 1 fully saturated rings. The number of carbonyl (C=O) groups is 2. The average Bonchev–Trinajstić information content (AvgIpc) is 3.35. The zero-order valence-electron chi connectivity index (χ0n) is 18.6. The molecule has 2 heterocycles. The van der Waals surface area contributed by atoms with Crippen molar-refractivity contribution in [2.45, 2.75) is 19.5 Å². The van der Waals surface area contributed by atoms with Gasteiger partial charge in [-0.3, -0.25) is 9.59 Å². The van der Waals surface area contributed by atoms with Crippen molar-refractivity contribution in [3.05, 3.63) is 86.8 Å². The van der Waals surface area contributed by atoms with Gasteiger partial charge in [-0.25, -0.2) is 0 Å². The highest BCUT2D eigenvalue weighted by Gasteiger charge is 2.47. The first-order valence-corrected chi connectivity index (χ1v) is 11.0. The molecule has 1 unspecified atom stereocenters. The maximum absolute atomic E-state index is 13.1. The standard InChI is InChI=1S/C25H21Cl2NO6/c1-13-4-9-19(34-13)21-20(22(29)15-10-17(26)24(33-3)18(27)11-15)23(30)25(31)28(21)12-14-5-7-16(32-2)8-6-14/h4-11,21,29H,12H2,1-3H3/b22-20-. The zero-order valence-corrected chi connectivity index (χ0v) is 20.1. The molecule has 0 saturated carbocycles. The number of furan rings is 1. The summed E-state index contributed by atoms with van der Waals surface area (Å²) in [4.78, 5) is 27.6. The van der Waals surface area contributed by atoms with Crippen molar-refractivity contribution in [3.63, 3.8) is 0 Å². The van der Waals surface area contributed by atoms with Gasteiger partial charge in [0.25, 0.3) is 11.7 Å². The number of aliphatic hydroxyl groups excluding tert-OH is 1. The Morgan fingerprint density at radius 1 is 1.03 bits per heavy atom. The highest BCUT2D eigenvalue weighted by molar-refractivity contribution is 6.46. The van der Waals surface area contributed by atoms with E-state index in [1.54, 1.807) is 50.4 Å². The molecule has 9 heteroatoms. The normalized spacial score (nSPS) is 17.3. The van der Waals surface area contributed by atoms with Crippen LogP contribution in [0.3, 0.4) is 0 Å². The highest BCUT2D eigenvalue weighted by atomic mass is 35.5. The fraction of sp³-hybridized carbons (Fsp3) is 0.200. The number of rotatable bonds is 6. The van der Waals surface area contributed by atoms with Gasteiger partial charge in [0.2, 0.25) is 0 Å². The molecule has 0 radical (unpaired) electrons. The third-order valence-electron chi connectivity index (χ3n) is 5.56. The summed E-state index contributed by atoms with van der Waals surface area (Å²) in [5, 5.41) is 11.5. The Morgan fingerprint density at radius 2 is 1.68 bits per heavy atom. The number of halogens is 2. The number of Topliss-reactive ketones (excluding diaryl/α,β-unsaturated/α-hetero) is 1. The van der Waals surface area contributed by atoms with Crippen LogP contribution in [0, 0.1) is 6.92 Å². The molecule has 1 aromatic heterocycles. The SMILES string of the molecule is COc1ccc(CN2C(=O)C(=O)/C(=C(\O)c3cc(Cl)c(OC)c(Cl)c3)C2c2ccc(C)o2)cc1. The smallest absolute Gasteiger partial charge is 0.296 e. The van der Waals surface area contributed by atoms with E-state index >= 15 is 0 Å². The van der Waals surface area contributed by atoms with E-state index in [9.17, 15) is 14.7 Å². The number of benzene rings is 2. The number of amides is 1. The first-order chi connectivity index (χ1) is 16.2. The lowest BCUT2D eigenvalue weighted by Crippen LogP contribution is -2.29. The molecule has 3 aromatic rings. The van der Waals surface area contributed by atoms with E-state index in [0.29, 0.717) is 17.3 Å². The topological polar surface area (TPSA) is 89.2 Å². The van der Waals surface area contributed by atoms with E-state index in [1.165, 1.54) is 24.1 Å². The van der Waals surface area contributed by atoms with Crippen molar-refractivity contribution in [1.82, 2.24) is 4.90 Å². The van der Waals surface area contributed by atoms with Crippen molar-refractivity contribution in [3.8, 4) is 11.5 Å². The van der Waals surface area contributed by atoms with Gasteiger partial charge in [0.1, 0.15) is 29.1 Å². The lowest BCUT2D eigenvalue weighted by Gasteiger charge is -2.23. The summed E-state index contributed by atoms with van der Waals surface area (Å²) < 4.78 is 16.1. The van der Waals surface area contributed by atoms with Crippen LogP contribution in [0.1, 0.15) is 28.7 Å². The number of hydrogen-bond acceptors (Lipinski definition) is 6. The fourth-order valence-electron chi connectivity index (χ4n) is 3.91. The molecule has 1 atom stereocenters. The highest BCUT2D eigenvalue weighted by Crippen LogP contribution is 2.43. The minimum atomic E-state index is -0.949. The molecule has 1 amide bonds. The number of aryl methyl sites for hydroxylation is 1. The van der Waals surface area contributed by atoms with Crippen LogP contribution in [-0.4, -0.2) is 35.9 Å². The summed E-state index contributed by atoms with van der Waals surface area (Å²) in [6.07, 6.45) is 0. The second-order valence-electron chi connectivity index (χ2n) is 7.70. The third-order valence-corrected chi connectivity index (χ3v) is 6.12. The van der Waals surface area contributed by atoms with Crippen LogP contribution in [0.15, 0.2) is 58.5 Å². The molecule has 4 rings (SSSR count). The second-order valence-corrected chi connectivity index (χ2v) is 8.51. The molecule has 0 bridgehead atoms. The number of nitrogens with zero attached hydrogens (tertiary/aromatic N) is 1. The maximum atomic E-state index is 13.1. The summed E-state index contributed by atoms with van der Waals surface area (Å²) >= 11 is 12.5. The number of ketones is 1. The predicted molar refractivity (Wildman–Crippen MR) is 127 cm³/mol. The van der Waals surface area contributed by atoms with Crippen LogP contribution in [-0.2, 0) is 16.1 Å². The summed E-state index contributed by atoms with van der Waals surface area (Å²) in [5.41, 5.74) is 0.822. The fourth-order valence-corrected chi connectivity index (χ4v) is 4.56. The summed E-state index contributed by atoms with van der Waals surface area (Å²) in [7, 11) is 2.97. The van der Waals surface area contributed by atoms with Crippen molar-refractivity contribution in [2.75, 3.05) is 14.2 Å². The quantitative estimate of drug-likeness (QED) is 0.271. The van der Waals surface area contributed by atoms with Gasteiger partial charge in [0.15, 0.2) is 5.75 Å². The summed E-state index contributed by atoms with van der Waals surface area (Å²) in [5.74, 6) is -0.176. The molecule has 1 aliphatic heterocycles. The molecule has 176 valence electrons. The Kier molecular flexibility index (Phi) is 6.59. The Hall–Kier alpha value is -3.42. The molecule has 1 N–H and O–H groups in total. The Balaban J connectivity index is 1.84. The predicted octanol–water partition coefficient (Wildman–Crippen LogP) is 5.53. The van der Waals surface area contributed by atoms with Crippen LogP contribution >= 0.6 is 23.2 Å². The van der Waals surface area contributed by atoms with Gasteiger partial charge in [-0.05, 0) is 48.9 Å². The van der Waals surface area contributed by atoms with E-state index in [2.05, 4.69) is 0 Å². The van der Waals surface area contributed by atoms with Crippen LogP contribution in [0.2, 0.25) is 10.0 Å². The number of carbonyl (C=O) groups excluding carboxylic acids is 2. The summed E-state index contributed by atoms with van der Waals surface area (Å²) in [6, 6.07) is 12.4. The molecule has 1 saturated heterocycles. The molecule has 0 spiro atoms. The van der Waals surface area contributed by atoms with E-state index in [1.807, 2.05) is 0 Å². The number of likely N-dealkylation sites (tertiary alicyclic amines) is 1. The molecule has 2 aromatic carbocycles. The molecule has 1 aliphatic rings. The van der Waals surface area contributed by atoms with Gasteiger partial charge in [0, 0.05) is 12.1 Å². The second kappa shape index (κ2) is 9.44. The van der Waals surface area contributed by atoms with Gasteiger partial charge in [-0.15, -0.1) is 0 Å². The van der Waals surface area contributed by atoms with Gasteiger partial charge in [-0.1, -0.05) is 35.3 Å². The number of methoxy groups -OCH3 is 2. The summed E-state index contributed by atoms with van der Waals surface area (Å²) in [6.45, 7) is 1.86. The average molecular weight is 502 g/mol. The minimum absolute atomic E-state index is 0.111. The Labute approximate surface area is 206 Å². The van der Waals surface area contributed by atoms with E-state index in [-0.39, 0.29) is 33.5 Å². The zero-order chi connectivity index (χ0) is 24.6. The van der Waals surface area contributed by atoms with Crippen molar-refractivity contribution in [1.29, 1.82) is 0 Å². The maximum Gasteiger partial charge on any atom is 0.296 e. The van der Waals surface area contributed by atoms with Gasteiger partial charge >= 0.3 is 0 Å². The molecular weight excluding hydrogens is 481 g/mol. The van der Waals surface area contributed by atoms with Crippen molar-refractivity contribution >= 4 is 40.7 Å². The molecular formula is C25H21Cl2NO6. The van der Waals surface area contributed by atoms with Crippen molar-refractivity contribution < 1.29 is 28.6 Å². The van der Waals surface area contributed by atoms with E-state index in [4.69, 9.17) is 37.1 Å². The first kappa shape index (κ1) is 23.7. The van der Waals surface area contributed by atoms with Crippen LogP contribution in [0.4, 0.5) is 0 Å². The minimum Gasteiger partial charge on any atom is -0.507 e. The third kappa shape index (κ3) is 4.24. The van der Waals surface area contributed by atoms with Gasteiger partial charge < -0.3 is 23.9 Å². The van der Waals surface area contributed by atoms with Crippen LogP contribution in [0.5, 0.6) is 11.5 Å². The largest absolute Gasteiger partial charge is 0.507 e. The molecule has 0 aliphatic carbocycles. The first-order valence-electron chi connectivity index (χ1n) is 10.3. The number of hydrogen-bond donors (Lipinski definition) is 1. The van der Waals surface area contributed by atoms with Gasteiger partial charge in [-0.2, -0.15) is 0 Å². The molecule has 7 nitrogen and oxygen atoms in total. The lowest BCUT2D eigenvalue weighted by atomic mass is 9.99. The lowest BCUT2D eigenvalue weighted by molar-refractivity contribution is -0.140. The monoisotopic (exact) mass is 501 g/mol.